The summed E-state index contributed by atoms with van der Waals surface area (Å²) in [6.45, 7) is 3.06. The number of hydroxylamine groups is 2. The fourth-order valence-corrected chi connectivity index (χ4v) is 6.55. The Hall–Kier alpha value is -0.300. The normalized spacial score (nSPS) is 11.7. The van der Waals surface area contributed by atoms with E-state index in [0.29, 0.717) is 16.4 Å². The summed E-state index contributed by atoms with van der Waals surface area (Å²) in [5.41, 5.74) is 0.776. The smallest absolute Gasteiger partial charge is 0.279 e. The Kier molecular flexibility index (Phi) is 11.6. The molecule has 1 atom stereocenters. The van der Waals surface area contributed by atoms with Gasteiger partial charge in [-0.2, -0.15) is 0 Å². The van der Waals surface area contributed by atoms with Gasteiger partial charge in [-0.3, -0.25) is 19.2 Å². The molecule has 9 nitrogen and oxygen atoms in total. The van der Waals surface area contributed by atoms with E-state index in [4.69, 9.17) is 9.94 Å². The van der Waals surface area contributed by atoms with Crippen molar-refractivity contribution in [2.24, 2.45) is 0 Å². The van der Waals surface area contributed by atoms with Gasteiger partial charge in [0, 0.05) is 23.6 Å². The fraction of sp³-hybridized carbons (Fsp3) is 0.471. The SMILES string of the molecule is CCON(C)C(=O)c1c(I)c(NC(=O)CC)c(I)c(C(=O)NCC(O)CO)c1I. The number of halogens is 3. The van der Waals surface area contributed by atoms with Gasteiger partial charge in [-0.1, -0.05) is 6.92 Å². The zero-order chi connectivity index (χ0) is 22.3. The number of nitrogens with one attached hydrogen (secondary N) is 2. The Bertz CT molecular complexity index is 790. The van der Waals surface area contributed by atoms with Crippen LogP contribution in [0.5, 0.6) is 0 Å². The zero-order valence-electron chi connectivity index (χ0n) is 16.0. The summed E-state index contributed by atoms with van der Waals surface area (Å²) in [4.78, 5) is 43.0. The molecule has 0 aliphatic heterocycles. The molecule has 0 aliphatic carbocycles. The molecule has 1 unspecified atom stereocenters. The molecule has 0 aromatic heterocycles. The largest absolute Gasteiger partial charge is 0.394 e. The van der Waals surface area contributed by atoms with Gasteiger partial charge in [-0.25, -0.2) is 5.06 Å². The topological polar surface area (TPSA) is 128 Å². The van der Waals surface area contributed by atoms with Crippen molar-refractivity contribution in [2.75, 3.05) is 32.1 Å². The third-order valence-electron chi connectivity index (χ3n) is 3.66. The van der Waals surface area contributed by atoms with Gasteiger partial charge in [0.15, 0.2) is 0 Å². The van der Waals surface area contributed by atoms with Crippen LogP contribution in [-0.4, -0.2) is 65.9 Å². The second-order valence-electron chi connectivity index (χ2n) is 5.74. The van der Waals surface area contributed by atoms with Crippen LogP contribution >= 0.6 is 67.8 Å². The Labute approximate surface area is 209 Å². The molecule has 0 fully saturated rings. The quantitative estimate of drug-likeness (QED) is 0.226. The summed E-state index contributed by atoms with van der Waals surface area (Å²) < 4.78 is 1.34. The van der Waals surface area contributed by atoms with Crippen molar-refractivity contribution in [3.05, 3.63) is 21.8 Å². The second kappa shape index (κ2) is 12.5. The molecule has 1 aromatic rings. The molecule has 0 heterocycles. The van der Waals surface area contributed by atoms with Crippen LogP contribution in [0.2, 0.25) is 0 Å². The van der Waals surface area contributed by atoms with Gasteiger partial charge in [-0.15, -0.1) is 0 Å². The van der Waals surface area contributed by atoms with E-state index in [0.717, 1.165) is 5.06 Å². The molecule has 0 aliphatic rings. The molecule has 0 radical (unpaired) electrons. The van der Waals surface area contributed by atoms with E-state index in [-0.39, 0.29) is 36.6 Å². The van der Waals surface area contributed by atoms with Crippen molar-refractivity contribution >= 4 is 91.2 Å². The number of rotatable bonds is 9. The van der Waals surface area contributed by atoms with Crippen LogP contribution in [0.3, 0.4) is 0 Å². The Balaban J connectivity index is 3.59. The summed E-state index contributed by atoms with van der Waals surface area (Å²) >= 11 is 5.82. The monoisotopic (exact) mass is 745 g/mol. The molecule has 162 valence electrons. The van der Waals surface area contributed by atoms with E-state index >= 15 is 0 Å². The maximum Gasteiger partial charge on any atom is 0.279 e. The number of nitrogens with zero attached hydrogens (tertiary/aromatic N) is 1. The predicted molar refractivity (Wildman–Crippen MR) is 133 cm³/mol. The Morgan fingerprint density at radius 1 is 1.10 bits per heavy atom. The van der Waals surface area contributed by atoms with E-state index in [2.05, 4.69) is 10.6 Å². The van der Waals surface area contributed by atoms with Crippen LogP contribution in [0.15, 0.2) is 0 Å². The van der Waals surface area contributed by atoms with Crippen LogP contribution in [0.1, 0.15) is 41.0 Å². The summed E-state index contributed by atoms with van der Waals surface area (Å²) in [5.74, 6) is -1.27. The molecular weight excluding hydrogens is 723 g/mol. The van der Waals surface area contributed by atoms with Gasteiger partial charge >= 0.3 is 0 Å². The number of benzene rings is 1. The molecule has 1 rings (SSSR count). The number of hydrogen-bond donors (Lipinski definition) is 4. The van der Waals surface area contributed by atoms with Gasteiger partial charge in [0.2, 0.25) is 5.91 Å². The number of amides is 3. The standard InChI is InChI=1S/C17H22I3N3O6/c1-4-9(26)22-15-13(19)10(16(27)21-6-8(25)7-24)12(18)11(14(15)20)17(28)23(3)29-5-2/h8,24-25H,4-7H2,1-3H3,(H,21,27)(H,22,26). The minimum Gasteiger partial charge on any atom is -0.394 e. The number of aliphatic hydroxyl groups is 2. The van der Waals surface area contributed by atoms with Crippen molar-refractivity contribution in [1.29, 1.82) is 0 Å². The first-order valence-corrected chi connectivity index (χ1v) is 11.8. The Morgan fingerprint density at radius 3 is 2.21 bits per heavy atom. The number of carbonyl (C=O) groups excluding carboxylic acids is 3. The highest BCUT2D eigenvalue weighted by Gasteiger charge is 2.30. The molecule has 0 bridgehead atoms. The van der Waals surface area contributed by atoms with E-state index in [1.807, 2.05) is 67.8 Å². The molecule has 0 saturated heterocycles. The van der Waals surface area contributed by atoms with Gasteiger partial charge in [0.05, 0.1) is 43.3 Å². The molecular formula is C17H22I3N3O6. The van der Waals surface area contributed by atoms with Crippen LogP contribution in [0.25, 0.3) is 0 Å². The highest BCUT2D eigenvalue weighted by atomic mass is 127. The minimum absolute atomic E-state index is 0.160. The molecule has 12 heteroatoms. The van der Waals surface area contributed by atoms with Gasteiger partial charge in [0.25, 0.3) is 11.8 Å². The van der Waals surface area contributed by atoms with E-state index in [9.17, 15) is 19.5 Å². The molecule has 3 amide bonds. The lowest BCUT2D eigenvalue weighted by Crippen LogP contribution is -2.36. The average molecular weight is 745 g/mol. The van der Waals surface area contributed by atoms with E-state index < -0.39 is 24.5 Å². The first kappa shape index (κ1) is 26.7. The summed E-state index contributed by atoms with van der Waals surface area (Å²) in [6.07, 6.45) is -0.882. The predicted octanol–water partition coefficient (Wildman–Crippen LogP) is 1.96. The summed E-state index contributed by atoms with van der Waals surface area (Å²) in [6, 6.07) is 0. The minimum atomic E-state index is -1.11. The lowest BCUT2D eigenvalue weighted by Gasteiger charge is -2.22. The van der Waals surface area contributed by atoms with Crippen LogP contribution in [-0.2, 0) is 9.63 Å². The van der Waals surface area contributed by atoms with Crippen molar-refractivity contribution < 1.29 is 29.4 Å². The van der Waals surface area contributed by atoms with Crippen LogP contribution in [0, 0.1) is 10.7 Å². The maximum atomic E-state index is 13.0. The zero-order valence-corrected chi connectivity index (χ0v) is 22.5. The molecule has 4 N–H and O–H groups in total. The highest BCUT2D eigenvalue weighted by Crippen LogP contribution is 2.36. The number of carbonyl (C=O) groups is 3. The van der Waals surface area contributed by atoms with Crippen molar-refractivity contribution in [3.63, 3.8) is 0 Å². The molecule has 0 saturated carbocycles. The molecule has 0 spiro atoms. The Morgan fingerprint density at radius 2 is 1.69 bits per heavy atom. The van der Waals surface area contributed by atoms with Crippen molar-refractivity contribution in [1.82, 2.24) is 10.4 Å². The highest BCUT2D eigenvalue weighted by molar-refractivity contribution is 14.1. The van der Waals surface area contributed by atoms with Gasteiger partial charge < -0.3 is 20.8 Å². The van der Waals surface area contributed by atoms with E-state index in [1.54, 1.807) is 13.8 Å². The van der Waals surface area contributed by atoms with E-state index in [1.165, 1.54) is 7.05 Å². The van der Waals surface area contributed by atoms with Crippen LogP contribution < -0.4 is 10.6 Å². The van der Waals surface area contributed by atoms with Gasteiger partial charge in [0.1, 0.15) is 0 Å². The third-order valence-corrected chi connectivity index (χ3v) is 6.90. The second-order valence-corrected chi connectivity index (χ2v) is 8.97. The van der Waals surface area contributed by atoms with Crippen molar-refractivity contribution in [3.8, 4) is 0 Å². The number of aliphatic hydroxyl groups excluding tert-OH is 2. The lowest BCUT2D eigenvalue weighted by atomic mass is 10.1. The number of anilines is 1. The number of hydrogen-bond acceptors (Lipinski definition) is 6. The van der Waals surface area contributed by atoms with Crippen molar-refractivity contribution in [2.45, 2.75) is 26.4 Å². The first-order chi connectivity index (χ1) is 13.6. The fourth-order valence-electron chi connectivity index (χ4n) is 2.16. The summed E-state index contributed by atoms with van der Waals surface area (Å²) in [5, 5.41) is 24.8. The lowest BCUT2D eigenvalue weighted by molar-refractivity contribution is -0.115. The third kappa shape index (κ3) is 6.84. The molecule has 1 aromatic carbocycles. The molecule has 29 heavy (non-hydrogen) atoms. The summed E-state index contributed by atoms with van der Waals surface area (Å²) in [7, 11) is 1.47. The van der Waals surface area contributed by atoms with Crippen LogP contribution in [0.4, 0.5) is 5.69 Å². The average Bonchev–Trinajstić information content (AvgIpc) is 2.68. The first-order valence-electron chi connectivity index (χ1n) is 8.58. The van der Waals surface area contributed by atoms with Gasteiger partial charge in [-0.05, 0) is 74.7 Å². The maximum absolute atomic E-state index is 13.0.